The summed E-state index contributed by atoms with van der Waals surface area (Å²) in [6, 6.07) is 27.7. The number of carbonyl (C=O) groups is 11. The number of rotatable bonds is 9. The highest BCUT2D eigenvalue weighted by Gasteiger charge is 2.21. The lowest BCUT2D eigenvalue weighted by molar-refractivity contribution is -0.141. The van der Waals surface area contributed by atoms with E-state index in [0.717, 1.165) is 71.1 Å². The Morgan fingerprint density at radius 1 is 0.437 bits per heavy atom. The number of benzene rings is 3. The molecule has 0 amide bonds. The van der Waals surface area contributed by atoms with Crippen LogP contribution < -0.4 is 0 Å². The third-order valence-corrected chi connectivity index (χ3v) is 7.16. The van der Waals surface area contributed by atoms with Gasteiger partial charge in [0.25, 0.3) is 35.8 Å². The van der Waals surface area contributed by atoms with Gasteiger partial charge >= 0.3 is 29.8 Å². The molecular weight excluding hydrogens is 1060 g/mol. The number of halogens is 1. The van der Waals surface area contributed by atoms with Gasteiger partial charge in [-0.2, -0.15) is 0 Å². The van der Waals surface area contributed by atoms with Crippen molar-refractivity contribution in [2.45, 2.75) is 106 Å². The smallest absolute Gasteiger partial charge is 0.315 e. The molecule has 0 bridgehead atoms. The van der Waals surface area contributed by atoms with E-state index in [0.29, 0.717) is 12.3 Å². The monoisotopic (exact) mass is 1120 g/mol. The Morgan fingerprint density at radius 2 is 0.690 bits per heavy atom. The molecule has 0 aliphatic heterocycles. The van der Waals surface area contributed by atoms with E-state index in [1.165, 1.54) is 19.3 Å². The second-order valence-corrected chi connectivity index (χ2v) is 14.6. The van der Waals surface area contributed by atoms with Crippen LogP contribution in [-0.2, 0) is 59.2 Å². The van der Waals surface area contributed by atoms with Crippen molar-refractivity contribution >= 4 is 88.3 Å². The van der Waals surface area contributed by atoms with Crippen molar-refractivity contribution in [3.05, 3.63) is 108 Å². The Kier molecular flexibility index (Phi) is 58.6. The van der Waals surface area contributed by atoms with Crippen LogP contribution in [0, 0.1) is 11.8 Å². The van der Waals surface area contributed by atoms with Crippen molar-refractivity contribution in [2.75, 3.05) is 4.43 Å². The molecule has 1 saturated carbocycles. The van der Waals surface area contributed by atoms with E-state index in [9.17, 15) is 29.1 Å². The van der Waals surface area contributed by atoms with Crippen LogP contribution in [0.15, 0.2) is 91.0 Å². The number of hydrogen-bond acceptors (Lipinski definition) is 11. The minimum Gasteiger partial charge on any atom is -0.481 e. The van der Waals surface area contributed by atoms with Crippen LogP contribution in [-0.4, -0.2) is 126 Å². The summed E-state index contributed by atoms with van der Waals surface area (Å²) in [5.41, 5.74) is 2.46. The maximum absolute atomic E-state index is 11.3. The summed E-state index contributed by atoms with van der Waals surface area (Å²) in [6.45, 7) is 9.78. The Bertz CT molecular complexity index is 1760. The summed E-state index contributed by atoms with van der Waals surface area (Å²) in [5.74, 6) is -9.07. The molecule has 1 aliphatic rings. The van der Waals surface area contributed by atoms with E-state index in [1.807, 2.05) is 78.9 Å². The summed E-state index contributed by atoms with van der Waals surface area (Å²) in [7, 11) is 0. The van der Waals surface area contributed by atoms with Gasteiger partial charge in [-0.25, -0.2) is 0 Å². The molecule has 0 saturated heterocycles. The summed E-state index contributed by atoms with van der Waals surface area (Å²) < 4.78 is 0.192. The molecule has 0 unspecified atom stereocenters. The second kappa shape index (κ2) is 53.5. The standard InChI is InChI=1S/C14H12O2.C8H14O2.C8H8O2.C4H8O2.C2H3IO2.6C2H4O2/c15-14(16)13(11-7-3-1-4-8-11)12-9-5-2-6-10-12;2*9-8(10)6-7-4-2-1-3-5-7;1-3(2)4(5)6;3-1-2(4)5;6*1-2(3)4/h1-10,13H,(H,15,16);7H,1-6H2,(H,9,10);1-5H,6H2,(H,9,10);3H,1-2H3,(H,5,6);1H2,(H,4,5);6*1H3,(H,3,4). The average Bonchev–Trinajstić information content (AvgIpc) is 3.22. The van der Waals surface area contributed by atoms with Crippen LogP contribution in [0.4, 0.5) is 0 Å². The highest BCUT2D eigenvalue weighted by molar-refractivity contribution is 14.1. The van der Waals surface area contributed by atoms with Gasteiger partial charge in [-0.3, -0.25) is 52.7 Å². The first-order valence-corrected chi connectivity index (χ1v) is 22.2. The fourth-order valence-corrected chi connectivity index (χ4v) is 4.18. The molecular formula is C48H69IO22. The summed E-state index contributed by atoms with van der Waals surface area (Å²) in [5, 5.41) is 86.3. The van der Waals surface area contributed by atoms with Gasteiger partial charge in [-0.1, -0.05) is 147 Å². The molecule has 0 atom stereocenters. The minimum atomic E-state index is -0.833. The molecule has 3 aromatic rings. The molecule has 71 heavy (non-hydrogen) atoms. The number of aliphatic carboxylic acids is 11. The zero-order valence-electron chi connectivity index (χ0n) is 40.8. The zero-order chi connectivity index (χ0) is 57.1. The Morgan fingerprint density at radius 3 is 0.887 bits per heavy atom. The van der Waals surface area contributed by atoms with Crippen molar-refractivity contribution in [1.29, 1.82) is 0 Å². The SMILES string of the molecule is CC(=O)O.CC(=O)O.CC(=O)O.CC(=O)O.CC(=O)O.CC(=O)O.CC(C)C(=O)O.O=C(O)C(c1ccccc1)c1ccccc1.O=C(O)CC1CCCCC1.O=C(O)CI.O=C(O)Cc1ccccc1. The van der Waals surface area contributed by atoms with Crippen LogP contribution in [0.25, 0.3) is 0 Å². The third kappa shape index (κ3) is 89.8. The maximum Gasteiger partial charge on any atom is 0.315 e. The molecule has 11 N–H and O–H groups in total. The van der Waals surface area contributed by atoms with Crippen LogP contribution in [0.1, 0.15) is 117 Å². The maximum atomic E-state index is 11.3. The Balaban J connectivity index is -0.000000134. The van der Waals surface area contributed by atoms with Crippen molar-refractivity contribution in [3.63, 3.8) is 0 Å². The van der Waals surface area contributed by atoms with Crippen molar-refractivity contribution in [2.24, 2.45) is 11.8 Å². The van der Waals surface area contributed by atoms with Crippen molar-refractivity contribution in [3.8, 4) is 0 Å². The normalized spacial score (nSPS) is 9.96. The lowest BCUT2D eigenvalue weighted by Gasteiger charge is -2.18. The predicted molar refractivity (Wildman–Crippen MR) is 268 cm³/mol. The van der Waals surface area contributed by atoms with Gasteiger partial charge in [0.2, 0.25) is 0 Å². The molecule has 1 aliphatic carbocycles. The zero-order valence-corrected chi connectivity index (χ0v) is 43.0. The van der Waals surface area contributed by atoms with Gasteiger partial charge in [0.15, 0.2) is 0 Å². The van der Waals surface area contributed by atoms with Gasteiger partial charge in [0, 0.05) is 48.0 Å². The molecule has 0 heterocycles. The first kappa shape index (κ1) is 77.8. The second-order valence-electron chi connectivity index (χ2n) is 13.9. The topological polar surface area (TPSA) is 410 Å². The van der Waals surface area contributed by atoms with E-state index >= 15 is 0 Å². The van der Waals surface area contributed by atoms with Gasteiger partial charge < -0.3 is 56.2 Å². The predicted octanol–water partition coefficient (Wildman–Crippen LogP) is 8.04. The molecule has 0 aromatic heterocycles. The van der Waals surface area contributed by atoms with Gasteiger partial charge in [0.1, 0.15) is 5.92 Å². The highest BCUT2D eigenvalue weighted by Crippen LogP contribution is 2.26. The average molecular weight is 1120 g/mol. The summed E-state index contributed by atoms with van der Waals surface area (Å²) >= 11 is 1.78. The van der Waals surface area contributed by atoms with Gasteiger partial charge in [-0.15, -0.1) is 0 Å². The molecule has 22 nitrogen and oxygen atoms in total. The third-order valence-electron chi connectivity index (χ3n) is 6.51. The Hall–Kier alpha value is -7.44. The largest absolute Gasteiger partial charge is 0.481 e. The summed E-state index contributed by atoms with van der Waals surface area (Å²) in [6.07, 6.45) is 6.53. The fourth-order valence-electron chi connectivity index (χ4n) is 4.18. The fraction of sp³-hybridized carbons (Fsp3) is 0.396. The lowest BCUT2D eigenvalue weighted by atomic mass is 9.87. The Labute approximate surface area is 425 Å². The lowest BCUT2D eigenvalue weighted by Crippen LogP contribution is -2.12. The minimum absolute atomic E-state index is 0.112. The molecule has 1 fully saturated rings. The van der Waals surface area contributed by atoms with Crippen LogP contribution in [0.3, 0.4) is 0 Å². The van der Waals surface area contributed by atoms with Crippen LogP contribution >= 0.6 is 22.6 Å². The molecule has 23 heteroatoms. The molecule has 0 radical (unpaired) electrons. The van der Waals surface area contributed by atoms with E-state index in [1.54, 1.807) is 48.6 Å². The molecule has 0 spiro atoms. The number of alkyl halides is 1. The van der Waals surface area contributed by atoms with E-state index < -0.39 is 71.6 Å². The first-order valence-electron chi connectivity index (χ1n) is 20.7. The quantitative estimate of drug-likeness (QED) is 0.0713. The molecule has 3 aromatic carbocycles. The van der Waals surface area contributed by atoms with Gasteiger partial charge in [-0.05, 0) is 35.4 Å². The van der Waals surface area contributed by atoms with E-state index in [-0.39, 0.29) is 16.8 Å². The van der Waals surface area contributed by atoms with Crippen molar-refractivity contribution < 1.29 is 109 Å². The summed E-state index contributed by atoms with van der Waals surface area (Å²) in [4.78, 5) is 105. The van der Waals surface area contributed by atoms with Crippen LogP contribution in [0.2, 0.25) is 0 Å². The van der Waals surface area contributed by atoms with Crippen LogP contribution in [0.5, 0.6) is 0 Å². The number of carboxylic acid groups (broad SMARTS) is 11. The first-order chi connectivity index (χ1) is 32.7. The molecule has 4 rings (SSSR count). The van der Waals surface area contributed by atoms with Crippen molar-refractivity contribution in [1.82, 2.24) is 0 Å². The number of carboxylic acids is 11. The number of hydrogen-bond donors (Lipinski definition) is 11. The highest BCUT2D eigenvalue weighted by atomic mass is 127. The van der Waals surface area contributed by atoms with E-state index in [2.05, 4.69) is 0 Å². The van der Waals surface area contributed by atoms with E-state index in [4.69, 9.17) is 79.8 Å². The molecule has 400 valence electrons. The van der Waals surface area contributed by atoms with Gasteiger partial charge in [0.05, 0.1) is 16.8 Å².